The molecule has 1 N–H and O–H groups in total. The highest BCUT2D eigenvalue weighted by atomic mass is 16.5. The summed E-state index contributed by atoms with van der Waals surface area (Å²) in [5.41, 5.74) is 3.05. The summed E-state index contributed by atoms with van der Waals surface area (Å²) >= 11 is 0. The van der Waals surface area contributed by atoms with E-state index in [0.717, 1.165) is 18.9 Å². The molecular formula is C16H19N3O2. The summed E-state index contributed by atoms with van der Waals surface area (Å²) in [6.07, 6.45) is 1.58. The molecule has 2 aromatic rings. The topological polar surface area (TPSA) is 56.1 Å². The molecule has 0 amide bonds. The Morgan fingerprint density at radius 2 is 2.19 bits per heavy atom. The lowest BCUT2D eigenvalue weighted by Crippen LogP contribution is -2.27. The first-order valence-electron chi connectivity index (χ1n) is 7.22. The van der Waals surface area contributed by atoms with Crippen molar-refractivity contribution in [2.75, 3.05) is 18.5 Å². The average molecular weight is 285 g/mol. The molecule has 0 spiro atoms. The highest BCUT2D eigenvalue weighted by molar-refractivity contribution is 5.94. The number of nitrogens with zero attached hydrogens (tertiary/aromatic N) is 2. The van der Waals surface area contributed by atoms with Crippen molar-refractivity contribution in [3.8, 4) is 0 Å². The average Bonchev–Trinajstić information content (AvgIpc) is 2.91. The fourth-order valence-electron chi connectivity index (χ4n) is 2.62. The number of fused-ring (bicyclic) bond motifs is 1. The molecule has 0 saturated heterocycles. The first-order chi connectivity index (χ1) is 10.2. The van der Waals surface area contributed by atoms with Gasteiger partial charge in [0.2, 0.25) is 0 Å². The van der Waals surface area contributed by atoms with Crippen LogP contribution in [0.5, 0.6) is 0 Å². The Labute approximate surface area is 123 Å². The first kappa shape index (κ1) is 13.7. The first-order valence-corrected chi connectivity index (χ1v) is 7.22. The molecule has 5 heteroatoms. The number of carbonyl (C=O) groups excluding carboxylic acids is 1. The number of hydrogen-bond donors (Lipinski definition) is 1. The molecule has 1 atom stereocenters. The van der Waals surface area contributed by atoms with Crippen molar-refractivity contribution < 1.29 is 9.53 Å². The third-order valence-electron chi connectivity index (χ3n) is 3.79. The van der Waals surface area contributed by atoms with Gasteiger partial charge in [0.1, 0.15) is 11.4 Å². The van der Waals surface area contributed by atoms with Crippen molar-refractivity contribution in [3.63, 3.8) is 0 Å². The van der Waals surface area contributed by atoms with E-state index < -0.39 is 0 Å². The number of aryl methyl sites for hydroxylation is 1. The van der Waals surface area contributed by atoms with Gasteiger partial charge in [-0.3, -0.25) is 0 Å². The molecule has 110 valence electrons. The van der Waals surface area contributed by atoms with Gasteiger partial charge >= 0.3 is 5.97 Å². The number of rotatable bonds is 3. The van der Waals surface area contributed by atoms with Crippen LogP contribution >= 0.6 is 0 Å². The van der Waals surface area contributed by atoms with Gasteiger partial charge in [0.05, 0.1) is 19.3 Å². The zero-order valence-electron chi connectivity index (χ0n) is 12.3. The van der Waals surface area contributed by atoms with Crippen molar-refractivity contribution in [1.82, 2.24) is 9.78 Å². The lowest BCUT2D eigenvalue weighted by atomic mass is 9.97. The van der Waals surface area contributed by atoms with E-state index in [4.69, 9.17) is 4.74 Å². The number of hydrogen-bond acceptors (Lipinski definition) is 4. The monoisotopic (exact) mass is 285 g/mol. The molecule has 1 unspecified atom stereocenters. The van der Waals surface area contributed by atoms with Crippen LogP contribution in [0, 0.1) is 6.92 Å². The van der Waals surface area contributed by atoms with Crippen molar-refractivity contribution in [3.05, 3.63) is 47.2 Å². The van der Waals surface area contributed by atoms with Gasteiger partial charge < -0.3 is 10.1 Å². The van der Waals surface area contributed by atoms with Crippen molar-refractivity contribution in [2.45, 2.75) is 26.3 Å². The number of anilines is 1. The number of benzene rings is 1. The van der Waals surface area contributed by atoms with E-state index in [1.165, 1.54) is 11.1 Å². The maximum Gasteiger partial charge on any atom is 0.343 e. The molecule has 21 heavy (non-hydrogen) atoms. The Bertz CT molecular complexity index is 646. The maximum atomic E-state index is 11.9. The van der Waals surface area contributed by atoms with E-state index >= 15 is 0 Å². The second kappa shape index (κ2) is 5.60. The van der Waals surface area contributed by atoms with Crippen LogP contribution in [0.15, 0.2) is 30.5 Å². The normalized spacial score (nSPS) is 17.0. The third-order valence-corrected chi connectivity index (χ3v) is 3.79. The van der Waals surface area contributed by atoms with E-state index in [-0.39, 0.29) is 5.97 Å². The minimum absolute atomic E-state index is 0.319. The Hall–Kier alpha value is -2.30. The van der Waals surface area contributed by atoms with E-state index in [0.29, 0.717) is 18.1 Å². The van der Waals surface area contributed by atoms with E-state index in [1.54, 1.807) is 13.1 Å². The molecule has 0 bridgehead atoms. The second-order valence-electron chi connectivity index (χ2n) is 5.30. The summed E-state index contributed by atoms with van der Waals surface area (Å²) in [4.78, 5) is 11.9. The number of esters is 1. The van der Waals surface area contributed by atoms with Gasteiger partial charge in [0.15, 0.2) is 0 Å². The van der Waals surface area contributed by atoms with Gasteiger partial charge in [-0.15, -0.1) is 0 Å². The predicted molar refractivity (Wildman–Crippen MR) is 80.6 cm³/mol. The molecule has 1 aromatic heterocycles. The highest BCUT2D eigenvalue weighted by Crippen LogP contribution is 2.28. The summed E-state index contributed by atoms with van der Waals surface area (Å²) in [6, 6.07) is 8.56. The molecule has 0 aliphatic carbocycles. The van der Waals surface area contributed by atoms with Gasteiger partial charge in [0, 0.05) is 12.5 Å². The smallest absolute Gasteiger partial charge is 0.343 e. The van der Waals surface area contributed by atoms with E-state index in [1.807, 2.05) is 4.68 Å². The maximum absolute atomic E-state index is 11.9. The summed E-state index contributed by atoms with van der Waals surface area (Å²) in [5.74, 6) is 0.796. The van der Waals surface area contributed by atoms with Crippen LogP contribution in [0.2, 0.25) is 0 Å². The van der Waals surface area contributed by atoms with Gasteiger partial charge in [0.25, 0.3) is 0 Å². The lowest BCUT2D eigenvalue weighted by molar-refractivity contribution is 0.0527. The quantitative estimate of drug-likeness (QED) is 0.881. The summed E-state index contributed by atoms with van der Waals surface area (Å²) in [5, 5.41) is 7.62. The molecule has 1 aromatic carbocycles. The summed E-state index contributed by atoms with van der Waals surface area (Å²) in [7, 11) is 0. The van der Waals surface area contributed by atoms with Crippen LogP contribution in [0.3, 0.4) is 0 Å². The molecule has 0 radical (unpaired) electrons. The minimum Gasteiger partial charge on any atom is -0.462 e. The van der Waals surface area contributed by atoms with E-state index in [2.05, 4.69) is 41.6 Å². The zero-order chi connectivity index (χ0) is 14.8. The number of nitrogens with one attached hydrogen (secondary N) is 1. The molecule has 0 fully saturated rings. The van der Waals surface area contributed by atoms with Crippen LogP contribution in [0.25, 0.3) is 0 Å². The molecule has 0 saturated carbocycles. The zero-order valence-corrected chi connectivity index (χ0v) is 12.3. The van der Waals surface area contributed by atoms with Crippen molar-refractivity contribution >= 4 is 11.8 Å². The summed E-state index contributed by atoms with van der Waals surface area (Å²) < 4.78 is 6.89. The predicted octanol–water partition coefficient (Wildman–Crippen LogP) is 2.58. The lowest BCUT2D eigenvalue weighted by Gasteiger charge is -2.26. The van der Waals surface area contributed by atoms with Crippen LogP contribution in [0.1, 0.15) is 34.3 Å². The van der Waals surface area contributed by atoms with Gasteiger partial charge in [-0.2, -0.15) is 5.10 Å². The number of carbonyl (C=O) groups is 1. The number of ether oxygens (including phenoxy) is 1. The molecule has 1 aliphatic rings. The molecule has 5 nitrogen and oxygen atoms in total. The van der Waals surface area contributed by atoms with Crippen LogP contribution < -0.4 is 5.32 Å². The van der Waals surface area contributed by atoms with Crippen molar-refractivity contribution in [1.29, 1.82) is 0 Å². The van der Waals surface area contributed by atoms with Gasteiger partial charge in [-0.1, -0.05) is 29.8 Å². The van der Waals surface area contributed by atoms with E-state index in [9.17, 15) is 4.79 Å². The van der Waals surface area contributed by atoms with Crippen LogP contribution in [-0.2, 0) is 11.3 Å². The van der Waals surface area contributed by atoms with Gasteiger partial charge in [-0.05, 0) is 19.4 Å². The van der Waals surface area contributed by atoms with Crippen LogP contribution in [0.4, 0.5) is 5.82 Å². The second-order valence-corrected chi connectivity index (χ2v) is 5.30. The van der Waals surface area contributed by atoms with Crippen LogP contribution in [-0.4, -0.2) is 28.9 Å². The highest BCUT2D eigenvalue weighted by Gasteiger charge is 2.25. The molecule has 3 rings (SSSR count). The molecule has 1 aliphatic heterocycles. The van der Waals surface area contributed by atoms with Crippen molar-refractivity contribution in [2.24, 2.45) is 0 Å². The Morgan fingerprint density at radius 1 is 1.43 bits per heavy atom. The van der Waals surface area contributed by atoms with Gasteiger partial charge in [-0.25, -0.2) is 9.48 Å². The fourth-order valence-corrected chi connectivity index (χ4v) is 2.62. The Kier molecular flexibility index (Phi) is 3.64. The Balaban J connectivity index is 1.80. The fraction of sp³-hybridized carbons (Fsp3) is 0.375. The largest absolute Gasteiger partial charge is 0.462 e. The minimum atomic E-state index is -0.319. The standard InChI is InChI=1S/C16H19N3O2/c1-3-21-16(20)14-9-18-19-10-13(8-17-15(14)19)12-6-4-11(2)5-7-12/h4-7,9,13,17H,3,8,10H2,1-2H3. The third kappa shape index (κ3) is 2.63. The number of aromatic nitrogens is 2. The molecular weight excluding hydrogens is 266 g/mol. The molecule has 2 heterocycles. The summed E-state index contributed by atoms with van der Waals surface area (Å²) in [6.45, 7) is 5.82. The Morgan fingerprint density at radius 3 is 2.90 bits per heavy atom. The SMILES string of the molecule is CCOC(=O)c1cnn2c1NCC(c1ccc(C)cc1)C2.